The predicted molar refractivity (Wildman–Crippen MR) is 115 cm³/mol. The summed E-state index contributed by atoms with van der Waals surface area (Å²) in [5, 5.41) is 0. The molecule has 0 N–H and O–H groups in total. The van der Waals surface area contributed by atoms with Gasteiger partial charge in [0.15, 0.2) is 0 Å². The highest BCUT2D eigenvalue weighted by Gasteiger charge is 2.08. The van der Waals surface area contributed by atoms with Crippen LogP contribution in [0.2, 0.25) is 0 Å². The lowest BCUT2D eigenvalue weighted by molar-refractivity contribution is 0.299. The quantitative estimate of drug-likeness (QED) is 0.258. The molecule has 0 aliphatic heterocycles. The molecule has 0 aromatic heterocycles. The Morgan fingerprint density at radius 3 is 1.46 bits per heavy atom. The third-order valence-corrected chi connectivity index (χ3v) is 6.37. The second-order valence-corrected chi connectivity index (χ2v) is 8.38. The molecule has 0 aliphatic carbocycles. The van der Waals surface area contributed by atoms with Gasteiger partial charge in [-0.2, -0.15) is 0 Å². The smallest absolute Gasteiger partial charge is 0.133 e. The average molecular weight is 391 g/mol. The summed E-state index contributed by atoms with van der Waals surface area (Å²) in [6, 6.07) is 16.6. The molecule has 0 heterocycles. The summed E-state index contributed by atoms with van der Waals surface area (Å²) in [5.41, 5.74) is 0. The summed E-state index contributed by atoms with van der Waals surface area (Å²) in [4.78, 5) is 2.32. The predicted octanol–water partition coefficient (Wildman–Crippen LogP) is 7.62. The summed E-state index contributed by atoms with van der Waals surface area (Å²) in [6.07, 6.45) is 7.07. The number of rotatable bonds is 13. The minimum Gasteiger partial charge on any atom is -0.492 e. The lowest BCUT2D eigenvalue weighted by Crippen LogP contribution is -1.98. The van der Waals surface area contributed by atoms with Crippen LogP contribution in [0.5, 0.6) is 11.5 Å². The zero-order valence-electron chi connectivity index (χ0n) is 15.9. The van der Waals surface area contributed by atoms with Crippen LogP contribution in [-0.4, -0.2) is 13.2 Å². The van der Waals surface area contributed by atoms with Crippen LogP contribution in [0.3, 0.4) is 0 Å². The van der Waals surface area contributed by atoms with Gasteiger partial charge in [0.05, 0.1) is 23.0 Å². The Bertz CT molecular complexity index is 576. The average Bonchev–Trinajstić information content (AvgIpc) is 2.68. The van der Waals surface area contributed by atoms with Crippen molar-refractivity contribution in [3.63, 3.8) is 0 Å². The Labute approximate surface area is 166 Å². The van der Waals surface area contributed by atoms with E-state index in [-0.39, 0.29) is 0 Å². The molecular weight excluding hydrogens is 360 g/mol. The van der Waals surface area contributed by atoms with Gasteiger partial charge < -0.3 is 9.47 Å². The molecular formula is C22H30O2S2. The van der Waals surface area contributed by atoms with E-state index in [2.05, 4.69) is 50.2 Å². The summed E-state index contributed by atoms with van der Waals surface area (Å²) >= 11 is 0. The van der Waals surface area contributed by atoms with Crippen LogP contribution in [0.1, 0.15) is 52.4 Å². The molecule has 0 saturated heterocycles. The van der Waals surface area contributed by atoms with Crippen LogP contribution >= 0.6 is 21.6 Å². The minimum atomic E-state index is 0.785. The maximum Gasteiger partial charge on any atom is 0.133 e. The molecule has 2 rings (SSSR count). The summed E-state index contributed by atoms with van der Waals surface area (Å²) < 4.78 is 12.0. The van der Waals surface area contributed by atoms with Gasteiger partial charge in [-0.1, -0.05) is 63.8 Å². The molecule has 2 aromatic rings. The van der Waals surface area contributed by atoms with Crippen LogP contribution in [-0.2, 0) is 0 Å². The molecule has 0 fully saturated rings. The van der Waals surface area contributed by atoms with Crippen LogP contribution < -0.4 is 9.47 Å². The van der Waals surface area contributed by atoms with Crippen molar-refractivity contribution in [2.45, 2.75) is 62.2 Å². The number of ether oxygens (including phenoxy) is 2. The first-order valence-corrected chi connectivity index (χ1v) is 11.8. The van der Waals surface area contributed by atoms with Gasteiger partial charge in [0.1, 0.15) is 11.5 Å². The van der Waals surface area contributed by atoms with Gasteiger partial charge in [0, 0.05) is 0 Å². The maximum absolute atomic E-state index is 5.98. The van der Waals surface area contributed by atoms with Crippen molar-refractivity contribution >= 4 is 21.6 Å². The van der Waals surface area contributed by atoms with Crippen LogP contribution in [0.4, 0.5) is 0 Å². The van der Waals surface area contributed by atoms with E-state index in [1.807, 2.05) is 12.1 Å². The molecule has 2 nitrogen and oxygen atoms in total. The molecule has 0 atom stereocenters. The van der Waals surface area contributed by atoms with Crippen molar-refractivity contribution in [1.29, 1.82) is 0 Å². The van der Waals surface area contributed by atoms with Crippen molar-refractivity contribution < 1.29 is 9.47 Å². The van der Waals surface area contributed by atoms with E-state index in [1.165, 1.54) is 25.7 Å². The first-order chi connectivity index (χ1) is 12.8. The molecule has 0 saturated carbocycles. The van der Waals surface area contributed by atoms with Crippen molar-refractivity contribution in [3.8, 4) is 11.5 Å². The van der Waals surface area contributed by atoms with E-state index in [4.69, 9.17) is 9.47 Å². The molecule has 2 aromatic carbocycles. The normalized spacial score (nSPS) is 10.7. The fraction of sp³-hybridized carbons (Fsp3) is 0.455. The standard InChI is InChI=1S/C22H30O2S2/c1-3-5-11-17-23-19-13-7-9-15-21(19)25-26-22-16-10-8-14-20(22)24-18-12-6-4-2/h7-10,13-16H,3-6,11-12,17-18H2,1-2H3. The Morgan fingerprint density at radius 1 is 0.615 bits per heavy atom. The third kappa shape index (κ3) is 7.55. The second-order valence-electron chi connectivity index (χ2n) is 6.17. The van der Waals surface area contributed by atoms with Gasteiger partial charge in [0.2, 0.25) is 0 Å². The number of hydrogen-bond donors (Lipinski definition) is 0. The van der Waals surface area contributed by atoms with Gasteiger partial charge in [-0.3, -0.25) is 0 Å². The van der Waals surface area contributed by atoms with Crippen LogP contribution in [0, 0.1) is 0 Å². The molecule has 142 valence electrons. The summed E-state index contributed by atoms with van der Waals surface area (Å²) in [5.74, 6) is 1.95. The molecule has 0 spiro atoms. The Kier molecular flexibility index (Phi) is 10.5. The fourth-order valence-electron chi connectivity index (χ4n) is 2.43. The van der Waals surface area contributed by atoms with Crippen molar-refractivity contribution in [2.75, 3.05) is 13.2 Å². The molecule has 0 radical (unpaired) electrons. The largest absolute Gasteiger partial charge is 0.492 e. The van der Waals surface area contributed by atoms with Gasteiger partial charge in [0.25, 0.3) is 0 Å². The monoisotopic (exact) mass is 390 g/mol. The molecule has 26 heavy (non-hydrogen) atoms. The van der Waals surface area contributed by atoms with E-state index in [1.54, 1.807) is 21.6 Å². The number of unbranched alkanes of at least 4 members (excludes halogenated alkanes) is 4. The lowest BCUT2D eigenvalue weighted by Gasteiger charge is -2.12. The maximum atomic E-state index is 5.98. The van der Waals surface area contributed by atoms with E-state index >= 15 is 0 Å². The van der Waals surface area contributed by atoms with Gasteiger partial charge in [-0.25, -0.2) is 0 Å². The molecule has 0 amide bonds. The highest BCUT2D eigenvalue weighted by Crippen LogP contribution is 2.44. The Balaban J connectivity index is 1.92. The van der Waals surface area contributed by atoms with Crippen LogP contribution in [0.25, 0.3) is 0 Å². The van der Waals surface area contributed by atoms with Crippen molar-refractivity contribution in [3.05, 3.63) is 48.5 Å². The Morgan fingerprint density at radius 2 is 1.04 bits per heavy atom. The van der Waals surface area contributed by atoms with Crippen molar-refractivity contribution in [2.24, 2.45) is 0 Å². The van der Waals surface area contributed by atoms with Crippen LogP contribution in [0.15, 0.2) is 58.3 Å². The van der Waals surface area contributed by atoms with E-state index in [9.17, 15) is 0 Å². The number of hydrogen-bond acceptors (Lipinski definition) is 4. The highest BCUT2D eigenvalue weighted by atomic mass is 33.1. The number of benzene rings is 2. The SMILES string of the molecule is CCCCCOc1ccccc1SSc1ccccc1OCCCCC. The zero-order chi connectivity index (χ0) is 18.5. The molecule has 0 aliphatic rings. The second kappa shape index (κ2) is 13.0. The van der Waals surface area contributed by atoms with E-state index in [0.717, 1.165) is 47.3 Å². The first kappa shape index (κ1) is 21.0. The first-order valence-electron chi connectivity index (χ1n) is 9.63. The summed E-state index contributed by atoms with van der Waals surface area (Å²) in [6.45, 7) is 5.99. The number of para-hydroxylation sites is 2. The molecule has 0 unspecified atom stereocenters. The zero-order valence-corrected chi connectivity index (χ0v) is 17.5. The minimum absolute atomic E-state index is 0.785. The Hall–Kier alpha value is -1.26. The lowest BCUT2D eigenvalue weighted by atomic mass is 10.3. The molecule has 0 bridgehead atoms. The fourth-order valence-corrected chi connectivity index (χ4v) is 4.67. The third-order valence-electron chi connectivity index (χ3n) is 3.93. The summed E-state index contributed by atoms with van der Waals surface area (Å²) in [7, 11) is 3.47. The van der Waals surface area contributed by atoms with E-state index < -0.39 is 0 Å². The topological polar surface area (TPSA) is 18.5 Å². The van der Waals surface area contributed by atoms with Crippen molar-refractivity contribution in [1.82, 2.24) is 0 Å². The van der Waals surface area contributed by atoms with Gasteiger partial charge in [-0.05, 0) is 58.7 Å². The van der Waals surface area contributed by atoms with E-state index in [0.29, 0.717) is 0 Å². The molecule has 4 heteroatoms. The van der Waals surface area contributed by atoms with Gasteiger partial charge >= 0.3 is 0 Å². The van der Waals surface area contributed by atoms with Gasteiger partial charge in [-0.15, -0.1) is 0 Å². The highest BCUT2D eigenvalue weighted by molar-refractivity contribution is 8.76.